The minimum Gasteiger partial charge on any atom is -0.480 e. The van der Waals surface area contributed by atoms with Crippen LogP contribution in [-0.4, -0.2) is 47.3 Å². The van der Waals surface area contributed by atoms with E-state index in [1.807, 2.05) is 13.8 Å². The van der Waals surface area contributed by atoms with Crippen LogP contribution in [0.3, 0.4) is 0 Å². The average Bonchev–Trinajstić information content (AvgIpc) is 3.04. The van der Waals surface area contributed by atoms with Gasteiger partial charge in [0, 0.05) is 13.2 Å². The maximum atomic E-state index is 11.6. The topological polar surface area (TPSA) is 49.8 Å². The Morgan fingerprint density at radius 1 is 1.47 bits per heavy atom. The van der Waals surface area contributed by atoms with Crippen LogP contribution in [0.25, 0.3) is 0 Å². The van der Waals surface area contributed by atoms with E-state index in [9.17, 15) is 9.90 Å². The summed E-state index contributed by atoms with van der Waals surface area (Å²) in [5.74, 6) is -0.360. The third-order valence-corrected chi connectivity index (χ3v) is 4.29. The third kappa shape index (κ3) is 2.47. The summed E-state index contributed by atoms with van der Waals surface area (Å²) in [7, 11) is 0. The van der Waals surface area contributed by atoms with Gasteiger partial charge in [0.15, 0.2) is 0 Å². The van der Waals surface area contributed by atoms with Crippen LogP contribution in [0, 0.1) is 5.92 Å². The summed E-state index contributed by atoms with van der Waals surface area (Å²) < 4.78 is 5.63. The zero-order valence-electron chi connectivity index (χ0n) is 10.8. The fourth-order valence-electron chi connectivity index (χ4n) is 2.89. The fourth-order valence-corrected chi connectivity index (χ4v) is 2.89. The lowest BCUT2D eigenvalue weighted by atomic mass is 9.92. The van der Waals surface area contributed by atoms with Crippen molar-refractivity contribution in [1.29, 1.82) is 0 Å². The summed E-state index contributed by atoms with van der Waals surface area (Å²) >= 11 is 0. The normalized spacial score (nSPS) is 28.3. The van der Waals surface area contributed by atoms with Crippen LogP contribution in [0.1, 0.15) is 39.5 Å². The Balaban J connectivity index is 2.05. The molecule has 1 aliphatic heterocycles. The number of rotatable bonds is 6. The second-order valence-electron chi connectivity index (χ2n) is 5.40. The molecule has 2 rings (SSSR count). The van der Waals surface area contributed by atoms with Crippen LogP contribution in [-0.2, 0) is 9.53 Å². The molecular formula is C13H23NO3. The molecule has 0 bridgehead atoms. The summed E-state index contributed by atoms with van der Waals surface area (Å²) in [5, 5.41) is 9.54. The van der Waals surface area contributed by atoms with Gasteiger partial charge in [-0.25, -0.2) is 0 Å². The highest BCUT2D eigenvalue weighted by Crippen LogP contribution is 2.43. The highest BCUT2D eigenvalue weighted by atomic mass is 16.5. The fraction of sp³-hybridized carbons (Fsp3) is 0.923. The van der Waals surface area contributed by atoms with Crippen molar-refractivity contribution >= 4 is 5.97 Å². The van der Waals surface area contributed by atoms with Crippen molar-refractivity contribution in [2.24, 2.45) is 5.92 Å². The number of likely N-dealkylation sites (N-methyl/N-ethyl adjacent to an activating group) is 1. The Hall–Kier alpha value is -0.610. The maximum Gasteiger partial charge on any atom is 0.324 e. The van der Waals surface area contributed by atoms with E-state index >= 15 is 0 Å². The number of carbonyl (C=O) groups is 1. The molecule has 0 aromatic carbocycles. The van der Waals surface area contributed by atoms with Gasteiger partial charge in [-0.05, 0) is 45.1 Å². The van der Waals surface area contributed by atoms with Crippen molar-refractivity contribution in [2.45, 2.75) is 51.2 Å². The first kappa shape index (κ1) is 12.8. The van der Waals surface area contributed by atoms with Gasteiger partial charge >= 0.3 is 5.97 Å². The summed E-state index contributed by atoms with van der Waals surface area (Å²) in [4.78, 5) is 13.7. The van der Waals surface area contributed by atoms with E-state index in [0.29, 0.717) is 5.92 Å². The molecule has 98 valence electrons. The van der Waals surface area contributed by atoms with Crippen molar-refractivity contribution in [3.8, 4) is 0 Å². The van der Waals surface area contributed by atoms with Crippen molar-refractivity contribution in [1.82, 2.24) is 4.90 Å². The van der Waals surface area contributed by atoms with E-state index in [4.69, 9.17) is 4.74 Å². The Morgan fingerprint density at radius 3 is 2.59 bits per heavy atom. The van der Waals surface area contributed by atoms with E-state index in [-0.39, 0.29) is 6.10 Å². The molecule has 0 aromatic heterocycles. The number of aliphatic carboxylic acids is 1. The quantitative estimate of drug-likeness (QED) is 0.769. The molecule has 1 saturated heterocycles. The highest BCUT2D eigenvalue weighted by molar-refractivity contribution is 5.79. The molecule has 4 nitrogen and oxygen atoms in total. The largest absolute Gasteiger partial charge is 0.480 e. The SMILES string of the molecule is CCN(CC1CCCO1)C(C)(C(=O)O)C1CC1. The molecule has 1 heterocycles. The summed E-state index contributed by atoms with van der Waals surface area (Å²) in [6, 6.07) is 0. The van der Waals surface area contributed by atoms with Gasteiger partial charge in [0.2, 0.25) is 0 Å². The molecule has 2 unspecified atom stereocenters. The molecular weight excluding hydrogens is 218 g/mol. The molecule has 0 amide bonds. The van der Waals surface area contributed by atoms with Crippen LogP contribution in [0.4, 0.5) is 0 Å². The molecule has 0 radical (unpaired) electrons. The van der Waals surface area contributed by atoms with Gasteiger partial charge in [0.05, 0.1) is 6.10 Å². The minimum atomic E-state index is -0.694. The number of carboxylic acid groups (broad SMARTS) is 1. The maximum absolute atomic E-state index is 11.6. The number of nitrogens with zero attached hydrogens (tertiary/aromatic N) is 1. The zero-order chi connectivity index (χ0) is 12.5. The number of hydrogen-bond acceptors (Lipinski definition) is 3. The summed E-state index contributed by atoms with van der Waals surface area (Å²) in [5.41, 5.74) is -0.694. The molecule has 2 aliphatic rings. The van der Waals surface area contributed by atoms with E-state index in [1.54, 1.807) is 0 Å². The Morgan fingerprint density at radius 2 is 2.18 bits per heavy atom. The predicted octanol–water partition coefficient (Wildman–Crippen LogP) is 1.74. The van der Waals surface area contributed by atoms with Gasteiger partial charge in [0.1, 0.15) is 5.54 Å². The average molecular weight is 241 g/mol. The van der Waals surface area contributed by atoms with Crippen LogP contribution < -0.4 is 0 Å². The lowest BCUT2D eigenvalue weighted by Gasteiger charge is -2.38. The third-order valence-electron chi connectivity index (χ3n) is 4.29. The first-order valence-electron chi connectivity index (χ1n) is 6.69. The molecule has 17 heavy (non-hydrogen) atoms. The predicted molar refractivity (Wildman–Crippen MR) is 65.0 cm³/mol. The van der Waals surface area contributed by atoms with E-state index in [0.717, 1.165) is 45.4 Å². The van der Waals surface area contributed by atoms with Crippen molar-refractivity contribution in [2.75, 3.05) is 19.7 Å². The molecule has 1 N–H and O–H groups in total. The van der Waals surface area contributed by atoms with Gasteiger partial charge in [-0.1, -0.05) is 6.92 Å². The monoisotopic (exact) mass is 241 g/mol. The lowest BCUT2D eigenvalue weighted by molar-refractivity contribution is -0.153. The van der Waals surface area contributed by atoms with Crippen molar-refractivity contribution in [3.63, 3.8) is 0 Å². The van der Waals surface area contributed by atoms with E-state index in [1.165, 1.54) is 0 Å². The van der Waals surface area contributed by atoms with Crippen LogP contribution in [0.5, 0.6) is 0 Å². The van der Waals surface area contributed by atoms with Gasteiger partial charge < -0.3 is 9.84 Å². The lowest BCUT2D eigenvalue weighted by Crippen LogP contribution is -2.56. The zero-order valence-corrected chi connectivity index (χ0v) is 10.8. The number of hydrogen-bond donors (Lipinski definition) is 1. The van der Waals surface area contributed by atoms with Gasteiger partial charge in [0.25, 0.3) is 0 Å². The number of carboxylic acids is 1. The standard InChI is InChI=1S/C13H23NO3/c1-3-14(9-11-5-4-8-17-11)13(2,12(15)16)10-6-7-10/h10-11H,3-9H2,1-2H3,(H,15,16). The second kappa shape index (κ2) is 4.94. The molecule has 0 spiro atoms. The first-order chi connectivity index (χ1) is 8.09. The molecule has 1 saturated carbocycles. The highest BCUT2D eigenvalue weighted by Gasteiger charge is 2.51. The van der Waals surface area contributed by atoms with E-state index < -0.39 is 11.5 Å². The smallest absolute Gasteiger partial charge is 0.324 e. The molecule has 4 heteroatoms. The summed E-state index contributed by atoms with van der Waals surface area (Å²) in [6.45, 7) is 6.29. The first-order valence-corrected chi connectivity index (χ1v) is 6.69. The Kier molecular flexibility index (Phi) is 3.73. The van der Waals surface area contributed by atoms with Crippen LogP contribution >= 0.6 is 0 Å². The minimum absolute atomic E-state index is 0.229. The molecule has 1 aliphatic carbocycles. The van der Waals surface area contributed by atoms with Gasteiger partial charge in [-0.2, -0.15) is 0 Å². The van der Waals surface area contributed by atoms with Gasteiger partial charge in [-0.15, -0.1) is 0 Å². The Bertz CT molecular complexity index is 284. The summed E-state index contributed by atoms with van der Waals surface area (Å²) in [6.07, 6.45) is 4.49. The van der Waals surface area contributed by atoms with E-state index in [2.05, 4.69) is 4.90 Å². The van der Waals surface area contributed by atoms with Crippen molar-refractivity contribution < 1.29 is 14.6 Å². The molecule has 2 atom stereocenters. The molecule has 0 aromatic rings. The van der Waals surface area contributed by atoms with Crippen molar-refractivity contribution in [3.05, 3.63) is 0 Å². The van der Waals surface area contributed by atoms with Crippen LogP contribution in [0.15, 0.2) is 0 Å². The second-order valence-corrected chi connectivity index (χ2v) is 5.40. The van der Waals surface area contributed by atoms with Crippen LogP contribution in [0.2, 0.25) is 0 Å². The Labute approximate surface area is 103 Å². The van der Waals surface area contributed by atoms with Gasteiger partial charge in [-0.3, -0.25) is 9.69 Å². The molecule has 2 fully saturated rings. The number of ether oxygens (including phenoxy) is 1.